The maximum Gasteiger partial charge on any atom is 0.230 e. The van der Waals surface area contributed by atoms with E-state index in [-0.39, 0.29) is 16.7 Å². The summed E-state index contributed by atoms with van der Waals surface area (Å²) in [5, 5.41) is 4.34. The molecule has 2 fully saturated rings. The first-order chi connectivity index (χ1) is 16.9. The minimum Gasteiger partial charge on any atom is -0.355 e. The standard InChI is InChI=1S/C31H52N2OS2/c1-23-13-10-11-17-33(23)18-12-16-32-29(34)22-35-27-14-8-9-15-28(27)36-26-20-24(30(2,3)4)19-25(21-26)31(5,6)7/h19-21,23,27-28H,8-18,22H2,1-7H3,(H,32,34)/t23?,27-,28-/m1/s1. The molecule has 1 saturated heterocycles. The highest BCUT2D eigenvalue weighted by atomic mass is 32.2. The van der Waals surface area contributed by atoms with Gasteiger partial charge in [0.05, 0.1) is 5.75 Å². The van der Waals surface area contributed by atoms with E-state index >= 15 is 0 Å². The fraction of sp³-hybridized carbons (Fsp3) is 0.774. The van der Waals surface area contributed by atoms with Crippen LogP contribution < -0.4 is 5.32 Å². The SMILES string of the molecule is CC1CCCCN1CCCNC(=O)CS[C@@H]1CCCC[C@H]1Sc1cc(C(C)(C)C)cc(C(C)(C)C)c1. The maximum atomic E-state index is 12.6. The quantitative estimate of drug-likeness (QED) is 0.329. The van der Waals surface area contributed by atoms with Gasteiger partial charge in [-0.1, -0.05) is 66.9 Å². The van der Waals surface area contributed by atoms with Crippen molar-refractivity contribution >= 4 is 29.4 Å². The first-order valence-corrected chi connectivity index (χ1v) is 16.3. The Morgan fingerprint density at radius 2 is 1.53 bits per heavy atom. The second-order valence-electron chi connectivity index (χ2n) is 13.1. The van der Waals surface area contributed by atoms with Crippen molar-refractivity contribution < 1.29 is 4.79 Å². The average Bonchev–Trinajstić information content (AvgIpc) is 2.81. The summed E-state index contributed by atoms with van der Waals surface area (Å²) < 4.78 is 0. The van der Waals surface area contributed by atoms with Gasteiger partial charge in [-0.3, -0.25) is 4.79 Å². The molecule has 1 N–H and O–H groups in total. The van der Waals surface area contributed by atoms with Gasteiger partial charge < -0.3 is 10.2 Å². The number of hydrogen-bond donors (Lipinski definition) is 1. The Morgan fingerprint density at radius 3 is 2.14 bits per heavy atom. The number of carbonyl (C=O) groups is 1. The van der Waals surface area contributed by atoms with E-state index in [0.29, 0.717) is 22.3 Å². The van der Waals surface area contributed by atoms with Crippen LogP contribution in [-0.2, 0) is 15.6 Å². The summed E-state index contributed by atoms with van der Waals surface area (Å²) in [4.78, 5) is 16.6. The fourth-order valence-corrected chi connectivity index (χ4v) is 8.20. The number of amides is 1. The van der Waals surface area contributed by atoms with Crippen LogP contribution in [0.4, 0.5) is 0 Å². The van der Waals surface area contributed by atoms with E-state index in [1.54, 1.807) is 0 Å². The molecule has 0 spiro atoms. The monoisotopic (exact) mass is 532 g/mol. The molecule has 0 bridgehead atoms. The number of benzene rings is 1. The predicted molar refractivity (Wildman–Crippen MR) is 161 cm³/mol. The lowest BCUT2D eigenvalue weighted by Crippen LogP contribution is -2.39. The molecule has 1 aliphatic carbocycles. The minimum absolute atomic E-state index is 0.140. The molecule has 1 aromatic rings. The van der Waals surface area contributed by atoms with Crippen LogP contribution in [0.15, 0.2) is 23.1 Å². The Hall–Kier alpha value is -0.650. The number of piperidine rings is 1. The van der Waals surface area contributed by atoms with Crippen molar-refractivity contribution in [3.63, 3.8) is 0 Å². The highest BCUT2D eigenvalue weighted by Crippen LogP contribution is 2.42. The van der Waals surface area contributed by atoms with E-state index in [4.69, 9.17) is 0 Å². The number of nitrogens with one attached hydrogen (secondary N) is 1. The van der Waals surface area contributed by atoms with Gasteiger partial charge in [-0.15, -0.1) is 23.5 Å². The molecule has 5 heteroatoms. The third kappa shape index (κ3) is 9.27. The number of carbonyl (C=O) groups excluding carboxylic acids is 1. The number of thioether (sulfide) groups is 2. The van der Waals surface area contributed by atoms with Crippen LogP contribution in [0.1, 0.15) is 111 Å². The van der Waals surface area contributed by atoms with Crippen LogP contribution in [-0.4, -0.2) is 52.7 Å². The molecule has 1 saturated carbocycles. The van der Waals surface area contributed by atoms with Crippen molar-refractivity contribution in [3.05, 3.63) is 29.3 Å². The van der Waals surface area contributed by atoms with Gasteiger partial charge >= 0.3 is 0 Å². The van der Waals surface area contributed by atoms with Crippen LogP contribution in [0.5, 0.6) is 0 Å². The topological polar surface area (TPSA) is 32.3 Å². The molecule has 0 aromatic heterocycles. The summed E-state index contributed by atoms with van der Waals surface area (Å²) >= 11 is 3.96. The van der Waals surface area contributed by atoms with Gasteiger partial charge in [-0.05, 0) is 79.7 Å². The van der Waals surface area contributed by atoms with Crippen molar-refractivity contribution in [2.45, 2.75) is 132 Å². The van der Waals surface area contributed by atoms with Crippen molar-refractivity contribution in [1.82, 2.24) is 10.2 Å². The van der Waals surface area contributed by atoms with Crippen molar-refractivity contribution in [2.24, 2.45) is 0 Å². The second-order valence-corrected chi connectivity index (χ2v) is 15.7. The molecule has 1 unspecified atom stereocenters. The lowest BCUT2D eigenvalue weighted by Gasteiger charge is -2.33. The van der Waals surface area contributed by atoms with Crippen molar-refractivity contribution in [2.75, 3.05) is 25.4 Å². The first kappa shape index (κ1) is 29.9. The zero-order valence-electron chi connectivity index (χ0n) is 24.1. The van der Waals surface area contributed by atoms with Crippen LogP contribution in [0.25, 0.3) is 0 Å². The minimum atomic E-state index is 0.140. The molecule has 0 radical (unpaired) electrons. The van der Waals surface area contributed by atoms with Gasteiger partial charge in [0, 0.05) is 34.5 Å². The van der Waals surface area contributed by atoms with Gasteiger partial charge in [0.25, 0.3) is 0 Å². The van der Waals surface area contributed by atoms with E-state index < -0.39 is 0 Å². The van der Waals surface area contributed by atoms with Crippen LogP contribution in [0.3, 0.4) is 0 Å². The smallest absolute Gasteiger partial charge is 0.230 e. The Kier molecular flexibility index (Phi) is 11.1. The Bertz CT molecular complexity index is 810. The third-order valence-electron chi connectivity index (χ3n) is 7.88. The molecule has 204 valence electrons. The van der Waals surface area contributed by atoms with E-state index in [0.717, 1.165) is 19.5 Å². The fourth-order valence-electron chi connectivity index (χ4n) is 5.33. The summed E-state index contributed by atoms with van der Waals surface area (Å²) in [6, 6.07) is 7.96. The summed E-state index contributed by atoms with van der Waals surface area (Å²) in [5.74, 6) is 0.808. The first-order valence-electron chi connectivity index (χ1n) is 14.4. The van der Waals surface area contributed by atoms with Crippen LogP contribution in [0, 0.1) is 0 Å². The Labute approximate surface area is 230 Å². The molecular formula is C31H52N2OS2. The normalized spacial score (nSPS) is 24.0. The molecule has 3 atom stereocenters. The molecule has 2 aliphatic rings. The molecule has 1 aromatic carbocycles. The number of hydrogen-bond acceptors (Lipinski definition) is 4. The van der Waals surface area contributed by atoms with Crippen molar-refractivity contribution in [3.8, 4) is 0 Å². The van der Waals surface area contributed by atoms with E-state index in [9.17, 15) is 4.79 Å². The highest BCUT2D eigenvalue weighted by Gasteiger charge is 2.28. The summed E-state index contributed by atoms with van der Waals surface area (Å²) in [6.07, 6.45) is 10.2. The lowest BCUT2D eigenvalue weighted by molar-refractivity contribution is -0.118. The molecule has 1 heterocycles. The van der Waals surface area contributed by atoms with Crippen LogP contribution in [0.2, 0.25) is 0 Å². The van der Waals surface area contributed by atoms with Gasteiger partial charge in [-0.25, -0.2) is 0 Å². The predicted octanol–water partition coefficient (Wildman–Crippen LogP) is 7.80. The molecule has 36 heavy (non-hydrogen) atoms. The van der Waals surface area contributed by atoms with E-state index in [1.165, 1.54) is 67.5 Å². The molecule has 3 rings (SSSR count). The van der Waals surface area contributed by atoms with E-state index in [2.05, 4.69) is 88.6 Å². The van der Waals surface area contributed by atoms with Crippen molar-refractivity contribution in [1.29, 1.82) is 0 Å². The molecule has 3 nitrogen and oxygen atoms in total. The number of nitrogens with zero attached hydrogens (tertiary/aromatic N) is 1. The van der Waals surface area contributed by atoms with Gasteiger partial charge in [0.1, 0.15) is 0 Å². The zero-order valence-corrected chi connectivity index (χ0v) is 25.8. The molecular weight excluding hydrogens is 480 g/mol. The van der Waals surface area contributed by atoms with E-state index in [1.807, 2.05) is 11.8 Å². The van der Waals surface area contributed by atoms with Crippen LogP contribution >= 0.6 is 23.5 Å². The third-order valence-corrected chi connectivity index (χ3v) is 10.8. The highest BCUT2D eigenvalue weighted by molar-refractivity contribution is 8.04. The van der Waals surface area contributed by atoms with Gasteiger partial charge in [-0.2, -0.15) is 0 Å². The zero-order chi connectivity index (χ0) is 26.3. The second kappa shape index (κ2) is 13.4. The number of rotatable bonds is 9. The molecule has 1 aliphatic heterocycles. The summed E-state index contributed by atoms with van der Waals surface area (Å²) in [6.45, 7) is 19.4. The molecule has 1 amide bonds. The Balaban J connectivity index is 1.52. The Morgan fingerprint density at radius 1 is 0.917 bits per heavy atom. The maximum absolute atomic E-state index is 12.6. The number of likely N-dealkylation sites (tertiary alicyclic amines) is 1. The lowest BCUT2D eigenvalue weighted by atomic mass is 9.81. The summed E-state index contributed by atoms with van der Waals surface area (Å²) in [7, 11) is 0. The van der Waals surface area contributed by atoms with Gasteiger partial charge in [0.15, 0.2) is 0 Å². The summed E-state index contributed by atoms with van der Waals surface area (Å²) in [5.41, 5.74) is 3.13. The van der Waals surface area contributed by atoms with Gasteiger partial charge in [0.2, 0.25) is 5.91 Å². The largest absolute Gasteiger partial charge is 0.355 e. The average molecular weight is 533 g/mol.